The highest BCUT2D eigenvalue weighted by molar-refractivity contribution is 6.06. The normalized spacial score (nSPS) is 11.6. The van der Waals surface area contributed by atoms with Crippen LogP contribution in [-0.4, -0.2) is 29.1 Å². The third kappa shape index (κ3) is 4.02. The molecule has 4 heteroatoms. The van der Waals surface area contributed by atoms with Gasteiger partial charge in [-0.2, -0.15) is 0 Å². The summed E-state index contributed by atoms with van der Waals surface area (Å²) in [6.07, 6.45) is 3.35. The molecular formula is C17H22N2O2. The van der Waals surface area contributed by atoms with Crippen LogP contribution in [-0.2, 0) is 0 Å². The predicted octanol–water partition coefficient (Wildman–Crippen LogP) is 2.76. The molecule has 21 heavy (non-hydrogen) atoms. The van der Waals surface area contributed by atoms with Crippen molar-refractivity contribution in [2.45, 2.75) is 26.7 Å². The van der Waals surface area contributed by atoms with Crippen molar-refractivity contribution in [3.8, 4) is 0 Å². The quantitative estimate of drug-likeness (QED) is 0.858. The topological polar surface area (TPSA) is 62.2 Å². The maximum atomic E-state index is 12.4. The zero-order valence-electron chi connectivity index (χ0n) is 12.6. The van der Waals surface area contributed by atoms with Crippen molar-refractivity contribution in [1.29, 1.82) is 0 Å². The number of hydrogen-bond acceptors (Lipinski definition) is 3. The number of nitrogens with one attached hydrogen (secondary N) is 1. The highest BCUT2D eigenvalue weighted by Crippen LogP contribution is 2.21. The molecule has 0 aliphatic heterocycles. The van der Waals surface area contributed by atoms with Gasteiger partial charge in [-0.3, -0.25) is 9.78 Å². The van der Waals surface area contributed by atoms with Gasteiger partial charge in [0.2, 0.25) is 0 Å². The van der Waals surface area contributed by atoms with Gasteiger partial charge >= 0.3 is 0 Å². The van der Waals surface area contributed by atoms with E-state index in [-0.39, 0.29) is 17.9 Å². The van der Waals surface area contributed by atoms with E-state index in [1.807, 2.05) is 30.3 Å². The minimum atomic E-state index is -0.0781. The number of amides is 1. The van der Waals surface area contributed by atoms with Gasteiger partial charge in [-0.15, -0.1) is 0 Å². The summed E-state index contributed by atoms with van der Waals surface area (Å²) >= 11 is 0. The highest BCUT2D eigenvalue weighted by atomic mass is 16.2. The second kappa shape index (κ2) is 6.68. The first-order valence-corrected chi connectivity index (χ1v) is 7.26. The summed E-state index contributed by atoms with van der Waals surface area (Å²) in [5.41, 5.74) is 1.45. The van der Waals surface area contributed by atoms with Crippen molar-refractivity contribution in [1.82, 2.24) is 10.3 Å². The van der Waals surface area contributed by atoms with Crippen molar-refractivity contribution in [2.24, 2.45) is 5.41 Å². The number of rotatable bonds is 6. The monoisotopic (exact) mass is 286 g/mol. The molecule has 1 heterocycles. The minimum absolute atomic E-state index is 0.0266. The van der Waals surface area contributed by atoms with Crippen molar-refractivity contribution in [3.05, 3.63) is 42.1 Å². The largest absolute Gasteiger partial charge is 0.396 e. The number of nitrogens with zero attached hydrogens (tertiary/aromatic N) is 1. The van der Waals surface area contributed by atoms with Crippen molar-refractivity contribution in [2.75, 3.05) is 13.2 Å². The van der Waals surface area contributed by atoms with E-state index < -0.39 is 0 Å². The van der Waals surface area contributed by atoms with Crippen LogP contribution < -0.4 is 5.32 Å². The fourth-order valence-electron chi connectivity index (χ4n) is 2.36. The third-order valence-electron chi connectivity index (χ3n) is 3.63. The van der Waals surface area contributed by atoms with Gasteiger partial charge in [0.25, 0.3) is 5.91 Å². The smallest absolute Gasteiger partial charge is 0.251 e. The lowest BCUT2D eigenvalue weighted by Crippen LogP contribution is -2.34. The summed E-state index contributed by atoms with van der Waals surface area (Å²) in [4.78, 5) is 16.7. The van der Waals surface area contributed by atoms with Crippen LogP contribution in [0.1, 0.15) is 37.0 Å². The van der Waals surface area contributed by atoms with E-state index >= 15 is 0 Å². The van der Waals surface area contributed by atoms with Gasteiger partial charge in [0.1, 0.15) is 0 Å². The first kappa shape index (κ1) is 15.4. The van der Waals surface area contributed by atoms with Gasteiger partial charge in [-0.1, -0.05) is 26.0 Å². The number of carbonyl (C=O) groups is 1. The summed E-state index contributed by atoms with van der Waals surface area (Å²) in [6.45, 7) is 4.95. The number of aromatic nitrogens is 1. The van der Waals surface area contributed by atoms with Crippen LogP contribution >= 0.6 is 0 Å². The maximum Gasteiger partial charge on any atom is 0.251 e. The number of fused-ring (bicyclic) bond motifs is 1. The second-order valence-corrected chi connectivity index (χ2v) is 6.05. The summed E-state index contributed by atoms with van der Waals surface area (Å²) in [5, 5.41) is 12.8. The fraction of sp³-hybridized carbons (Fsp3) is 0.412. The molecule has 0 spiro atoms. The van der Waals surface area contributed by atoms with Crippen LogP contribution in [0.3, 0.4) is 0 Å². The molecule has 0 unspecified atom stereocenters. The molecule has 1 aromatic heterocycles. The van der Waals surface area contributed by atoms with Crippen LogP contribution in [0.5, 0.6) is 0 Å². The Morgan fingerprint density at radius 2 is 2.10 bits per heavy atom. The average Bonchev–Trinajstić information content (AvgIpc) is 2.50. The molecule has 0 fully saturated rings. The molecule has 2 N–H and O–H groups in total. The van der Waals surface area contributed by atoms with E-state index in [1.54, 1.807) is 6.20 Å². The molecule has 0 radical (unpaired) electrons. The Morgan fingerprint density at radius 1 is 1.29 bits per heavy atom. The van der Waals surface area contributed by atoms with Crippen LogP contribution in [0.2, 0.25) is 0 Å². The highest BCUT2D eigenvalue weighted by Gasteiger charge is 2.19. The molecule has 112 valence electrons. The molecule has 2 aromatic rings. The number of aliphatic hydroxyl groups excluding tert-OH is 1. The van der Waals surface area contributed by atoms with E-state index in [2.05, 4.69) is 24.1 Å². The SMILES string of the molecule is CC(C)(CCCO)CNC(=O)c1cccc2ncccc12. The summed E-state index contributed by atoms with van der Waals surface area (Å²) in [7, 11) is 0. The lowest BCUT2D eigenvalue weighted by atomic mass is 9.88. The molecule has 1 aromatic carbocycles. The maximum absolute atomic E-state index is 12.4. The second-order valence-electron chi connectivity index (χ2n) is 6.05. The van der Waals surface area contributed by atoms with E-state index in [9.17, 15) is 4.79 Å². The van der Waals surface area contributed by atoms with Crippen LogP contribution in [0, 0.1) is 5.41 Å². The van der Waals surface area contributed by atoms with E-state index in [1.165, 1.54) is 0 Å². The predicted molar refractivity (Wildman–Crippen MR) is 84.2 cm³/mol. The van der Waals surface area contributed by atoms with Crippen molar-refractivity contribution < 1.29 is 9.90 Å². The van der Waals surface area contributed by atoms with Gasteiger partial charge in [-0.05, 0) is 36.5 Å². The molecule has 0 atom stereocenters. The minimum Gasteiger partial charge on any atom is -0.396 e. The molecule has 0 saturated carbocycles. The Morgan fingerprint density at radius 3 is 2.86 bits per heavy atom. The van der Waals surface area contributed by atoms with Crippen molar-refractivity contribution in [3.63, 3.8) is 0 Å². The molecule has 0 aliphatic rings. The zero-order chi connectivity index (χ0) is 15.3. The molecule has 0 aliphatic carbocycles. The number of carbonyl (C=O) groups excluding carboxylic acids is 1. The van der Waals surface area contributed by atoms with E-state index in [0.717, 1.165) is 23.7 Å². The standard InChI is InChI=1S/C17H22N2O2/c1-17(2,9-5-11-20)12-19-16(21)14-6-3-8-15-13(14)7-4-10-18-15/h3-4,6-8,10,20H,5,9,11-12H2,1-2H3,(H,19,21). The number of pyridine rings is 1. The van der Waals surface area contributed by atoms with Crippen LogP contribution in [0.15, 0.2) is 36.5 Å². The van der Waals surface area contributed by atoms with Gasteiger partial charge < -0.3 is 10.4 Å². The molecular weight excluding hydrogens is 264 g/mol. The molecule has 0 bridgehead atoms. The van der Waals surface area contributed by atoms with Gasteiger partial charge in [0.05, 0.1) is 5.52 Å². The summed E-state index contributed by atoms with van der Waals surface area (Å²) in [6, 6.07) is 9.32. The van der Waals surface area contributed by atoms with E-state index in [4.69, 9.17) is 5.11 Å². The van der Waals surface area contributed by atoms with Crippen LogP contribution in [0.25, 0.3) is 10.9 Å². The van der Waals surface area contributed by atoms with E-state index in [0.29, 0.717) is 12.1 Å². The first-order chi connectivity index (χ1) is 10.0. The zero-order valence-corrected chi connectivity index (χ0v) is 12.6. The van der Waals surface area contributed by atoms with Gasteiger partial charge in [-0.25, -0.2) is 0 Å². The Bertz CT molecular complexity index is 618. The molecule has 4 nitrogen and oxygen atoms in total. The molecule has 1 amide bonds. The summed E-state index contributed by atoms with van der Waals surface area (Å²) in [5.74, 6) is -0.0781. The number of hydrogen-bond donors (Lipinski definition) is 2. The average molecular weight is 286 g/mol. The Labute approximate surface area is 125 Å². The van der Waals surface area contributed by atoms with Gasteiger partial charge in [0.15, 0.2) is 0 Å². The number of aliphatic hydroxyl groups is 1. The van der Waals surface area contributed by atoms with Crippen LogP contribution in [0.4, 0.5) is 0 Å². The molecule has 2 rings (SSSR count). The number of benzene rings is 1. The molecule has 0 saturated heterocycles. The first-order valence-electron chi connectivity index (χ1n) is 7.26. The lowest BCUT2D eigenvalue weighted by Gasteiger charge is -2.24. The van der Waals surface area contributed by atoms with Crippen molar-refractivity contribution >= 4 is 16.8 Å². The Kier molecular flexibility index (Phi) is 4.91. The van der Waals surface area contributed by atoms with Gasteiger partial charge in [0, 0.05) is 30.3 Å². The summed E-state index contributed by atoms with van der Waals surface area (Å²) < 4.78 is 0. The fourth-order valence-corrected chi connectivity index (χ4v) is 2.36. The lowest BCUT2D eigenvalue weighted by molar-refractivity contribution is 0.0934. The Balaban J connectivity index is 2.09. The third-order valence-corrected chi connectivity index (χ3v) is 3.63. The Hall–Kier alpha value is -1.94.